The summed E-state index contributed by atoms with van der Waals surface area (Å²) in [6.45, 7) is 2.70. The molecule has 2 saturated heterocycles. The predicted molar refractivity (Wildman–Crippen MR) is 74.5 cm³/mol. The fraction of sp³-hybridized carbons (Fsp3) is 0.533. The van der Waals surface area contributed by atoms with Crippen molar-refractivity contribution >= 4 is 11.6 Å². The number of methoxy groups -OCH3 is 1. The molecule has 2 aliphatic rings. The Morgan fingerprint density at radius 1 is 1.26 bits per heavy atom. The standard InChI is InChI=1S/C15H20N2O2/c1-19-13-5-3-12(4-6-13)17-10-8-15(14(17)18)7-2-9-16-11-15/h3-6,16H,2,7-11H2,1H3/t15-/m0/s1. The van der Waals surface area contributed by atoms with Gasteiger partial charge in [0, 0.05) is 18.8 Å². The van der Waals surface area contributed by atoms with Gasteiger partial charge in [-0.1, -0.05) is 0 Å². The molecule has 1 atom stereocenters. The molecule has 0 aliphatic carbocycles. The largest absolute Gasteiger partial charge is 0.497 e. The fourth-order valence-corrected chi connectivity index (χ4v) is 3.19. The average Bonchev–Trinajstić information content (AvgIpc) is 2.77. The van der Waals surface area contributed by atoms with Crippen molar-refractivity contribution in [2.45, 2.75) is 19.3 Å². The Kier molecular flexibility index (Phi) is 3.19. The van der Waals surface area contributed by atoms with Gasteiger partial charge in [0.15, 0.2) is 0 Å². The van der Waals surface area contributed by atoms with E-state index in [2.05, 4.69) is 5.32 Å². The smallest absolute Gasteiger partial charge is 0.234 e. The molecule has 102 valence electrons. The van der Waals surface area contributed by atoms with Crippen molar-refractivity contribution in [2.24, 2.45) is 5.41 Å². The first-order valence-electron chi connectivity index (χ1n) is 6.92. The van der Waals surface area contributed by atoms with Gasteiger partial charge >= 0.3 is 0 Å². The Bertz CT molecular complexity index is 464. The first-order valence-corrected chi connectivity index (χ1v) is 6.92. The summed E-state index contributed by atoms with van der Waals surface area (Å²) in [5.74, 6) is 1.11. The summed E-state index contributed by atoms with van der Waals surface area (Å²) in [6, 6.07) is 7.75. The number of nitrogens with zero attached hydrogens (tertiary/aromatic N) is 1. The van der Waals surface area contributed by atoms with Gasteiger partial charge in [-0.2, -0.15) is 0 Å². The molecule has 4 nitrogen and oxygen atoms in total. The van der Waals surface area contributed by atoms with Crippen molar-refractivity contribution in [3.05, 3.63) is 24.3 Å². The summed E-state index contributed by atoms with van der Waals surface area (Å²) in [7, 11) is 1.65. The molecule has 19 heavy (non-hydrogen) atoms. The second-order valence-corrected chi connectivity index (χ2v) is 5.47. The van der Waals surface area contributed by atoms with E-state index in [4.69, 9.17) is 4.74 Å². The number of rotatable bonds is 2. The lowest BCUT2D eigenvalue weighted by atomic mass is 9.79. The van der Waals surface area contributed by atoms with E-state index in [-0.39, 0.29) is 11.3 Å². The minimum absolute atomic E-state index is 0.155. The van der Waals surface area contributed by atoms with Crippen LogP contribution in [0.2, 0.25) is 0 Å². The normalized spacial score (nSPS) is 27.0. The van der Waals surface area contributed by atoms with E-state index in [1.54, 1.807) is 7.11 Å². The number of anilines is 1. The molecule has 0 radical (unpaired) electrons. The molecule has 1 aromatic carbocycles. The zero-order chi connectivity index (χ0) is 13.3. The van der Waals surface area contributed by atoms with E-state index < -0.39 is 0 Å². The van der Waals surface area contributed by atoms with Crippen molar-refractivity contribution < 1.29 is 9.53 Å². The molecule has 2 aliphatic heterocycles. The highest BCUT2D eigenvalue weighted by atomic mass is 16.5. The number of carbonyl (C=O) groups is 1. The van der Waals surface area contributed by atoms with Crippen LogP contribution in [-0.4, -0.2) is 32.7 Å². The summed E-state index contributed by atoms with van der Waals surface area (Å²) >= 11 is 0. The van der Waals surface area contributed by atoms with Crippen LogP contribution in [-0.2, 0) is 4.79 Å². The Labute approximate surface area is 113 Å². The van der Waals surface area contributed by atoms with Crippen molar-refractivity contribution in [2.75, 3.05) is 31.6 Å². The fourth-order valence-electron chi connectivity index (χ4n) is 3.19. The van der Waals surface area contributed by atoms with Crippen LogP contribution in [0, 0.1) is 5.41 Å². The minimum Gasteiger partial charge on any atom is -0.497 e. The topological polar surface area (TPSA) is 41.6 Å². The van der Waals surface area contributed by atoms with Gasteiger partial charge < -0.3 is 15.0 Å². The van der Waals surface area contributed by atoms with Crippen molar-refractivity contribution in [3.63, 3.8) is 0 Å². The Morgan fingerprint density at radius 2 is 2.05 bits per heavy atom. The van der Waals surface area contributed by atoms with Gasteiger partial charge in [0.25, 0.3) is 0 Å². The van der Waals surface area contributed by atoms with Crippen LogP contribution in [0.5, 0.6) is 5.75 Å². The third-order valence-electron chi connectivity index (χ3n) is 4.37. The summed E-state index contributed by atoms with van der Waals surface area (Å²) in [5.41, 5.74) is 0.825. The van der Waals surface area contributed by atoms with Gasteiger partial charge in [-0.3, -0.25) is 4.79 Å². The third kappa shape index (κ3) is 2.10. The molecule has 1 aromatic rings. The van der Waals surface area contributed by atoms with Gasteiger partial charge in [0.1, 0.15) is 5.75 Å². The van der Waals surface area contributed by atoms with Crippen LogP contribution >= 0.6 is 0 Å². The Balaban J connectivity index is 1.80. The van der Waals surface area contributed by atoms with E-state index in [9.17, 15) is 4.79 Å². The second kappa shape index (κ2) is 4.85. The number of nitrogens with one attached hydrogen (secondary N) is 1. The maximum atomic E-state index is 12.7. The lowest BCUT2D eigenvalue weighted by Crippen LogP contribution is -2.45. The number of amides is 1. The first kappa shape index (κ1) is 12.5. The molecule has 2 heterocycles. The minimum atomic E-state index is -0.155. The highest BCUT2D eigenvalue weighted by molar-refractivity contribution is 6.00. The monoisotopic (exact) mass is 260 g/mol. The maximum absolute atomic E-state index is 12.7. The molecule has 1 spiro atoms. The molecule has 1 N–H and O–H groups in total. The van der Waals surface area contributed by atoms with Crippen molar-refractivity contribution in [1.82, 2.24) is 5.32 Å². The molecule has 0 unspecified atom stereocenters. The van der Waals surface area contributed by atoms with Crippen LogP contribution in [0.25, 0.3) is 0 Å². The molecular formula is C15H20N2O2. The van der Waals surface area contributed by atoms with Crippen LogP contribution in [0.4, 0.5) is 5.69 Å². The van der Waals surface area contributed by atoms with E-state index in [0.29, 0.717) is 0 Å². The molecular weight excluding hydrogens is 240 g/mol. The lowest BCUT2D eigenvalue weighted by molar-refractivity contribution is -0.126. The number of hydrogen-bond acceptors (Lipinski definition) is 3. The summed E-state index contributed by atoms with van der Waals surface area (Å²) in [4.78, 5) is 14.6. The van der Waals surface area contributed by atoms with Crippen LogP contribution in [0.3, 0.4) is 0 Å². The van der Waals surface area contributed by atoms with Crippen LogP contribution in [0.1, 0.15) is 19.3 Å². The number of carbonyl (C=O) groups excluding carboxylic acids is 1. The first-order chi connectivity index (χ1) is 9.25. The molecule has 4 heteroatoms. The summed E-state index contributed by atoms with van der Waals surface area (Å²) in [6.07, 6.45) is 3.08. The van der Waals surface area contributed by atoms with Crippen LogP contribution in [0.15, 0.2) is 24.3 Å². The zero-order valence-electron chi connectivity index (χ0n) is 11.3. The third-order valence-corrected chi connectivity index (χ3v) is 4.37. The number of ether oxygens (including phenoxy) is 1. The number of hydrogen-bond donors (Lipinski definition) is 1. The number of piperidine rings is 1. The quantitative estimate of drug-likeness (QED) is 0.881. The second-order valence-electron chi connectivity index (χ2n) is 5.47. The Hall–Kier alpha value is -1.55. The molecule has 3 rings (SSSR count). The maximum Gasteiger partial charge on any atom is 0.234 e. The van der Waals surface area contributed by atoms with Gasteiger partial charge in [-0.05, 0) is 50.1 Å². The molecule has 1 amide bonds. The lowest BCUT2D eigenvalue weighted by Gasteiger charge is -2.32. The molecule has 0 aromatic heterocycles. The molecule has 2 fully saturated rings. The zero-order valence-corrected chi connectivity index (χ0v) is 11.3. The van der Waals surface area contributed by atoms with Crippen LogP contribution < -0.4 is 15.0 Å². The average molecular weight is 260 g/mol. The highest BCUT2D eigenvalue weighted by Gasteiger charge is 2.47. The Morgan fingerprint density at radius 3 is 2.68 bits per heavy atom. The highest BCUT2D eigenvalue weighted by Crippen LogP contribution is 2.39. The van der Waals surface area contributed by atoms with Gasteiger partial charge in [-0.25, -0.2) is 0 Å². The number of benzene rings is 1. The van der Waals surface area contributed by atoms with E-state index >= 15 is 0 Å². The van der Waals surface area contributed by atoms with E-state index in [1.807, 2.05) is 29.2 Å². The van der Waals surface area contributed by atoms with Crippen molar-refractivity contribution in [3.8, 4) is 5.75 Å². The van der Waals surface area contributed by atoms with Gasteiger partial charge in [-0.15, -0.1) is 0 Å². The van der Waals surface area contributed by atoms with Gasteiger partial charge in [0.2, 0.25) is 5.91 Å². The summed E-state index contributed by atoms with van der Waals surface area (Å²) < 4.78 is 5.16. The molecule has 0 saturated carbocycles. The SMILES string of the molecule is COc1ccc(N2CC[C@]3(CCCNC3)C2=O)cc1. The van der Waals surface area contributed by atoms with E-state index in [1.165, 1.54) is 0 Å². The van der Waals surface area contributed by atoms with Crippen molar-refractivity contribution in [1.29, 1.82) is 0 Å². The summed E-state index contributed by atoms with van der Waals surface area (Å²) in [5, 5.41) is 3.37. The van der Waals surface area contributed by atoms with Gasteiger partial charge in [0.05, 0.1) is 12.5 Å². The molecule has 0 bridgehead atoms. The van der Waals surface area contributed by atoms with E-state index in [0.717, 1.165) is 50.3 Å². The predicted octanol–water partition coefficient (Wildman–Crippen LogP) is 1.80.